The van der Waals surface area contributed by atoms with Crippen molar-refractivity contribution in [3.63, 3.8) is 0 Å². The maximum absolute atomic E-state index is 12.7. The van der Waals surface area contributed by atoms with Crippen molar-refractivity contribution in [1.82, 2.24) is 4.98 Å². The minimum Gasteiger partial charge on any atom is -0.497 e. The standard InChI is InChI=1S/C25H29N3O3S2/c1-16(33-20-11-9-18(10-12-20)26-22(29)14-25(2,3)4)23(30)28-24-27-21(15-32-24)17-7-6-8-19(13-17)31-5/h6-13,15-16H,14H2,1-5H3,(H,26,29)(H,27,28,30). The van der Waals surface area contributed by atoms with Crippen molar-refractivity contribution in [1.29, 1.82) is 0 Å². The average molecular weight is 484 g/mol. The molecule has 6 nitrogen and oxygen atoms in total. The maximum atomic E-state index is 12.7. The van der Waals surface area contributed by atoms with E-state index in [-0.39, 0.29) is 22.5 Å². The lowest BCUT2D eigenvalue weighted by molar-refractivity contribution is -0.118. The van der Waals surface area contributed by atoms with Gasteiger partial charge in [0.25, 0.3) is 0 Å². The Kier molecular flexibility index (Phi) is 8.15. The zero-order valence-electron chi connectivity index (χ0n) is 19.5. The van der Waals surface area contributed by atoms with E-state index in [9.17, 15) is 9.59 Å². The highest BCUT2D eigenvalue weighted by atomic mass is 32.2. The molecule has 2 aromatic carbocycles. The average Bonchev–Trinajstić information content (AvgIpc) is 3.22. The first-order valence-electron chi connectivity index (χ1n) is 10.6. The van der Waals surface area contributed by atoms with Crippen LogP contribution in [0.5, 0.6) is 5.75 Å². The molecule has 1 aromatic heterocycles. The largest absolute Gasteiger partial charge is 0.497 e. The van der Waals surface area contributed by atoms with Gasteiger partial charge in [-0.1, -0.05) is 32.9 Å². The number of anilines is 2. The molecule has 3 aromatic rings. The summed E-state index contributed by atoms with van der Waals surface area (Å²) in [5.41, 5.74) is 2.41. The van der Waals surface area contributed by atoms with E-state index in [0.29, 0.717) is 11.6 Å². The first kappa shape index (κ1) is 24.8. The van der Waals surface area contributed by atoms with Crippen LogP contribution in [0.2, 0.25) is 0 Å². The third-order valence-electron chi connectivity index (χ3n) is 4.61. The molecule has 3 rings (SSSR count). The minimum absolute atomic E-state index is 0.00703. The molecule has 1 unspecified atom stereocenters. The Balaban J connectivity index is 1.54. The Hall–Kier alpha value is -2.84. The number of thiazole rings is 1. The van der Waals surface area contributed by atoms with E-state index >= 15 is 0 Å². The van der Waals surface area contributed by atoms with Crippen LogP contribution < -0.4 is 15.4 Å². The summed E-state index contributed by atoms with van der Waals surface area (Å²) in [5, 5.41) is 7.97. The number of thioether (sulfide) groups is 1. The van der Waals surface area contributed by atoms with E-state index in [1.807, 2.05) is 81.6 Å². The van der Waals surface area contributed by atoms with E-state index < -0.39 is 0 Å². The maximum Gasteiger partial charge on any atom is 0.239 e. The topological polar surface area (TPSA) is 80.3 Å². The summed E-state index contributed by atoms with van der Waals surface area (Å²) in [6, 6.07) is 15.2. The van der Waals surface area contributed by atoms with E-state index in [1.54, 1.807) is 7.11 Å². The first-order valence-corrected chi connectivity index (χ1v) is 12.4. The Morgan fingerprint density at radius 3 is 2.52 bits per heavy atom. The van der Waals surface area contributed by atoms with Crippen molar-refractivity contribution < 1.29 is 14.3 Å². The van der Waals surface area contributed by atoms with E-state index in [2.05, 4.69) is 15.6 Å². The number of amides is 2. The molecule has 0 aliphatic carbocycles. The molecule has 174 valence electrons. The lowest BCUT2D eigenvalue weighted by Crippen LogP contribution is -2.22. The lowest BCUT2D eigenvalue weighted by Gasteiger charge is -2.17. The Morgan fingerprint density at radius 1 is 1.12 bits per heavy atom. The third kappa shape index (κ3) is 7.61. The fourth-order valence-corrected chi connectivity index (χ4v) is 4.60. The second-order valence-electron chi connectivity index (χ2n) is 8.83. The molecule has 8 heteroatoms. The number of ether oxygens (including phenoxy) is 1. The van der Waals surface area contributed by atoms with Gasteiger partial charge in [-0.15, -0.1) is 23.1 Å². The van der Waals surface area contributed by atoms with Crippen molar-refractivity contribution in [2.24, 2.45) is 5.41 Å². The van der Waals surface area contributed by atoms with Crippen LogP contribution in [0.3, 0.4) is 0 Å². The highest BCUT2D eigenvalue weighted by Gasteiger charge is 2.18. The van der Waals surface area contributed by atoms with Gasteiger partial charge in [0.2, 0.25) is 11.8 Å². The van der Waals surface area contributed by atoms with Crippen molar-refractivity contribution in [3.8, 4) is 17.0 Å². The van der Waals surface area contributed by atoms with Crippen LogP contribution >= 0.6 is 23.1 Å². The van der Waals surface area contributed by atoms with Gasteiger partial charge in [0.05, 0.1) is 18.1 Å². The number of hydrogen-bond acceptors (Lipinski definition) is 6. The number of rotatable bonds is 8. The Labute approximate surface area is 203 Å². The molecule has 0 fully saturated rings. The summed E-state index contributed by atoms with van der Waals surface area (Å²) in [6.07, 6.45) is 0.455. The number of aromatic nitrogens is 1. The minimum atomic E-state index is -0.310. The smallest absolute Gasteiger partial charge is 0.239 e. The van der Waals surface area contributed by atoms with Crippen LogP contribution in [0.1, 0.15) is 34.1 Å². The fraction of sp³-hybridized carbons (Fsp3) is 0.320. The number of nitrogens with one attached hydrogen (secondary N) is 2. The highest BCUT2D eigenvalue weighted by Crippen LogP contribution is 2.29. The molecule has 1 atom stereocenters. The molecule has 2 N–H and O–H groups in total. The van der Waals surface area contributed by atoms with Crippen molar-refractivity contribution in [3.05, 3.63) is 53.9 Å². The molecular weight excluding hydrogens is 454 g/mol. The summed E-state index contributed by atoms with van der Waals surface area (Å²) in [7, 11) is 1.63. The van der Waals surface area contributed by atoms with Crippen molar-refractivity contribution in [2.45, 2.75) is 44.3 Å². The molecule has 0 aliphatic rings. The van der Waals surface area contributed by atoms with Gasteiger partial charge in [-0.2, -0.15) is 0 Å². The quantitative estimate of drug-likeness (QED) is 0.367. The Morgan fingerprint density at radius 2 is 1.85 bits per heavy atom. The van der Waals surface area contributed by atoms with Gasteiger partial charge in [0, 0.05) is 27.9 Å². The van der Waals surface area contributed by atoms with Crippen molar-refractivity contribution >= 4 is 45.7 Å². The molecule has 0 aliphatic heterocycles. The molecule has 0 spiro atoms. The van der Waals surface area contributed by atoms with Gasteiger partial charge in [-0.3, -0.25) is 9.59 Å². The molecule has 2 amide bonds. The molecule has 0 bridgehead atoms. The summed E-state index contributed by atoms with van der Waals surface area (Å²) >= 11 is 2.84. The molecule has 0 saturated carbocycles. The van der Waals surface area contributed by atoms with Crippen LogP contribution in [0, 0.1) is 5.41 Å². The monoisotopic (exact) mass is 483 g/mol. The van der Waals surface area contributed by atoms with Crippen LogP contribution in [0.25, 0.3) is 11.3 Å². The predicted octanol–water partition coefficient (Wildman–Crippen LogP) is 6.31. The van der Waals surface area contributed by atoms with E-state index in [1.165, 1.54) is 23.1 Å². The molecule has 33 heavy (non-hydrogen) atoms. The summed E-state index contributed by atoms with van der Waals surface area (Å²) in [6.45, 7) is 7.95. The number of carbonyl (C=O) groups is 2. The predicted molar refractivity (Wildman–Crippen MR) is 137 cm³/mol. The van der Waals surface area contributed by atoms with Gasteiger partial charge in [-0.05, 0) is 48.7 Å². The highest BCUT2D eigenvalue weighted by molar-refractivity contribution is 8.00. The summed E-state index contributed by atoms with van der Waals surface area (Å²) < 4.78 is 5.26. The summed E-state index contributed by atoms with van der Waals surface area (Å²) in [5.74, 6) is 0.636. The van der Waals surface area contributed by atoms with Crippen molar-refractivity contribution in [2.75, 3.05) is 17.7 Å². The molecule has 0 saturated heterocycles. The second-order valence-corrected chi connectivity index (χ2v) is 11.1. The normalized spacial score (nSPS) is 12.2. The third-order valence-corrected chi connectivity index (χ3v) is 6.48. The number of benzene rings is 2. The van der Waals surface area contributed by atoms with E-state index in [4.69, 9.17) is 4.74 Å². The van der Waals surface area contributed by atoms with E-state index in [0.717, 1.165) is 27.6 Å². The van der Waals surface area contributed by atoms with Crippen LogP contribution in [-0.4, -0.2) is 29.2 Å². The SMILES string of the molecule is COc1cccc(-c2csc(NC(=O)C(C)Sc3ccc(NC(=O)CC(C)(C)C)cc3)n2)c1. The van der Waals surface area contributed by atoms with Gasteiger partial charge in [-0.25, -0.2) is 4.98 Å². The Bertz CT molecular complexity index is 1100. The first-order chi connectivity index (χ1) is 15.6. The van der Waals surface area contributed by atoms with Gasteiger partial charge in [0.15, 0.2) is 5.13 Å². The number of methoxy groups -OCH3 is 1. The summed E-state index contributed by atoms with van der Waals surface area (Å²) in [4.78, 5) is 30.2. The van der Waals surface area contributed by atoms with Crippen LogP contribution in [0.15, 0.2) is 58.8 Å². The fourth-order valence-electron chi connectivity index (χ4n) is 3.01. The molecule has 0 radical (unpaired) electrons. The number of carbonyl (C=O) groups excluding carboxylic acids is 2. The number of nitrogens with zero attached hydrogens (tertiary/aromatic N) is 1. The second kappa shape index (κ2) is 10.9. The zero-order chi connectivity index (χ0) is 24.0. The number of hydrogen-bond donors (Lipinski definition) is 2. The van der Waals surface area contributed by atoms with Crippen LogP contribution in [-0.2, 0) is 9.59 Å². The van der Waals surface area contributed by atoms with Gasteiger partial charge in [0.1, 0.15) is 5.75 Å². The molecular formula is C25H29N3O3S2. The van der Waals surface area contributed by atoms with Gasteiger partial charge < -0.3 is 15.4 Å². The van der Waals surface area contributed by atoms with Gasteiger partial charge >= 0.3 is 0 Å². The molecule has 1 heterocycles. The lowest BCUT2D eigenvalue weighted by atomic mass is 9.92. The zero-order valence-corrected chi connectivity index (χ0v) is 21.1. The van der Waals surface area contributed by atoms with Crippen LogP contribution in [0.4, 0.5) is 10.8 Å².